The highest BCUT2D eigenvalue weighted by Crippen LogP contribution is 2.20. The van der Waals surface area contributed by atoms with Gasteiger partial charge in [0.2, 0.25) is 5.28 Å². The number of nitrogens with zero attached hydrogens (tertiary/aromatic N) is 3. The highest BCUT2D eigenvalue weighted by Gasteiger charge is 2.19. The second kappa shape index (κ2) is 3.40. The van der Waals surface area contributed by atoms with Gasteiger partial charge in [0.25, 0.3) is 0 Å². The van der Waals surface area contributed by atoms with E-state index in [1.807, 2.05) is 4.90 Å². The number of carbonyl (C=O) groups is 1. The molecule has 2 heterocycles. The molecular weight excluding hydrogens is 190 g/mol. The minimum Gasteiger partial charge on any atom is -0.302 e. The number of rotatable bonds is 2. The van der Waals surface area contributed by atoms with Crippen molar-refractivity contribution < 1.29 is 4.79 Å². The topological polar surface area (TPSA) is 46.1 Å². The number of carbonyl (C=O) groups excluding carboxylic acids is 1. The number of halogens is 1. The van der Waals surface area contributed by atoms with Gasteiger partial charge < -0.3 is 4.79 Å². The van der Waals surface area contributed by atoms with Crippen molar-refractivity contribution in [3.8, 4) is 0 Å². The van der Waals surface area contributed by atoms with E-state index in [-0.39, 0.29) is 5.28 Å². The maximum atomic E-state index is 10.3. The van der Waals surface area contributed by atoms with Crippen molar-refractivity contribution in [1.82, 2.24) is 14.9 Å². The van der Waals surface area contributed by atoms with Gasteiger partial charge in [0.05, 0.1) is 12.2 Å². The Morgan fingerprint density at radius 3 is 3.23 bits per heavy atom. The third-order valence-corrected chi connectivity index (χ3v) is 2.21. The van der Waals surface area contributed by atoms with E-state index >= 15 is 0 Å². The molecule has 0 N–H and O–H groups in total. The van der Waals surface area contributed by atoms with E-state index in [4.69, 9.17) is 11.6 Å². The first kappa shape index (κ1) is 8.59. The van der Waals surface area contributed by atoms with Crippen LogP contribution in [0.25, 0.3) is 0 Å². The summed E-state index contributed by atoms with van der Waals surface area (Å²) in [5, 5.41) is 0.270. The summed E-state index contributed by atoms with van der Waals surface area (Å²) in [4.78, 5) is 20.2. The van der Waals surface area contributed by atoms with Crippen molar-refractivity contribution in [3.63, 3.8) is 0 Å². The Morgan fingerprint density at radius 1 is 1.62 bits per heavy atom. The predicted octanol–water partition coefficient (Wildman–Crippen LogP) is 0.645. The Balaban J connectivity index is 2.20. The van der Waals surface area contributed by atoms with Gasteiger partial charge in [-0.15, -0.1) is 0 Å². The van der Waals surface area contributed by atoms with Crippen LogP contribution < -0.4 is 0 Å². The van der Waals surface area contributed by atoms with Gasteiger partial charge in [0, 0.05) is 24.8 Å². The molecule has 0 aromatic carbocycles. The van der Waals surface area contributed by atoms with Crippen LogP contribution in [0.3, 0.4) is 0 Å². The number of hydrogen-bond acceptors (Lipinski definition) is 4. The number of hydrogen-bond donors (Lipinski definition) is 0. The van der Waals surface area contributed by atoms with Gasteiger partial charge in [-0.1, -0.05) is 0 Å². The SMILES string of the molecule is O=CCN1Cc2cnc(Cl)nc2C1. The molecule has 0 atom stereocenters. The molecule has 0 radical (unpaired) electrons. The van der Waals surface area contributed by atoms with Crippen molar-refractivity contribution in [2.24, 2.45) is 0 Å². The number of aromatic nitrogens is 2. The molecule has 1 aromatic heterocycles. The quantitative estimate of drug-likeness (QED) is 0.516. The largest absolute Gasteiger partial charge is 0.302 e. The molecule has 1 aliphatic rings. The van der Waals surface area contributed by atoms with Crippen LogP contribution >= 0.6 is 11.6 Å². The molecule has 1 aliphatic heterocycles. The summed E-state index contributed by atoms with van der Waals surface area (Å²) in [5.74, 6) is 0. The minimum absolute atomic E-state index is 0.270. The van der Waals surface area contributed by atoms with E-state index < -0.39 is 0 Å². The minimum atomic E-state index is 0.270. The normalized spacial score (nSPS) is 15.8. The second-order valence-electron chi connectivity index (χ2n) is 2.95. The van der Waals surface area contributed by atoms with Crippen molar-refractivity contribution >= 4 is 17.9 Å². The fraction of sp³-hybridized carbons (Fsp3) is 0.375. The van der Waals surface area contributed by atoms with Crippen molar-refractivity contribution in [2.45, 2.75) is 13.1 Å². The molecule has 1 aromatic rings. The summed E-state index contributed by atoms with van der Waals surface area (Å²) in [6, 6.07) is 0. The fourth-order valence-electron chi connectivity index (χ4n) is 1.43. The molecule has 0 unspecified atom stereocenters. The Morgan fingerprint density at radius 2 is 2.46 bits per heavy atom. The van der Waals surface area contributed by atoms with Crippen molar-refractivity contribution in [2.75, 3.05) is 6.54 Å². The van der Waals surface area contributed by atoms with Gasteiger partial charge >= 0.3 is 0 Å². The van der Waals surface area contributed by atoms with Crippen LogP contribution in [0.1, 0.15) is 11.3 Å². The lowest BCUT2D eigenvalue weighted by molar-refractivity contribution is -0.108. The third-order valence-electron chi connectivity index (χ3n) is 2.02. The van der Waals surface area contributed by atoms with Gasteiger partial charge in [0.15, 0.2) is 0 Å². The fourth-order valence-corrected chi connectivity index (χ4v) is 1.58. The average Bonchev–Trinajstić information content (AvgIpc) is 2.46. The maximum absolute atomic E-state index is 10.3. The van der Waals surface area contributed by atoms with Crippen LogP contribution in [0, 0.1) is 0 Å². The highest BCUT2D eigenvalue weighted by molar-refractivity contribution is 6.28. The molecule has 0 bridgehead atoms. The van der Waals surface area contributed by atoms with Crippen LogP contribution in [0.15, 0.2) is 6.20 Å². The van der Waals surface area contributed by atoms with Crippen LogP contribution in [-0.2, 0) is 17.9 Å². The van der Waals surface area contributed by atoms with E-state index in [0.29, 0.717) is 13.1 Å². The summed E-state index contributed by atoms with van der Waals surface area (Å²) in [5.41, 5.74) is 1.99. The van der Waals surface area contributed by atoms with E-state index in [1.165, 1.54) is 0 Å². The third kappa shape index (κ3) is 1.68. The maximum Gasteiger partial charge on any atom is 0.222 e. The summed E-state index contributed by atoms with van der Waals surface area (Å²) in [6.07, 6.45) is 2.61. The highest BCUT2D eigenvalue weighted by atomic mass is 35.5. The lowest BCUT2D eigenvalue weighted by Crippen LogP contribution is -2.18. The molecule has 0 amide bonds. The molecule has 4 nitrogen and oxygen atoms in total. The average molecular weight is 198 g/mol. The monoisotopic (exact) mass is 197 g/mol. The van der Waals surface area contributed by atoms with Crippen LogP contribution in [-0.4, -0.2) is 27.7 Å². The second-order valence-corrected chi connectivity index (χ2v) is 3.29. The number of aldehydes is 1. The lowest BCUT2D eigenvalue weighted by Gasteiger charge is -2.07. The molecular formula is C8H8ClN3O. The summed E-state index contributed by atoms with van der Waals surface area (Å²) >= 11 is 5.64. The zero-order chi connectivity index (χ0) is 9.26. The van der Waals surface area contributed by atoms with Crippen LogP contribution in [0.4, 0.5) is 0 Å². The van der Waals surface area contributed by atoms with Gasteiger partial charge in [-0.3, -0.25) is 4.90 Å². The molecule has 68 valence electrons. The summed E-state index contributed by atoms with van der Waals surface area (Å²) in [7, 11) is 0. The Labute approximate surface area is 80.5 Å². The van der Waals surface area contributed by atoms with Crippen molar-refractivity contribution in [1.29, 1.82) is 0 Å². The Bertz CT molecular complexity index is 342. The van der Waals surface area contributed by atoms with Gasteiger partial charge in [0.1, 0.15) is 6.29 Å². The van der Waals surface area contributed by atoms with Gasteiger partial charge in [-0.25, -0.2) is 9.97 Å². The summed E-state index contributed by atoms with van der Waals surface area (Å²) in [6.45, 7) is 1.87. The smallest absolute Gasteiger partial charge is 0.222 e. The molecule has 2 rings (SSSR count). The first-order valence-corrected chi connectivity index (χ1v) is 4.33. The standard InChI is InChI=1S/C8H8ClN3O/c9-8-10-3-6-4-12(1-2-13)5-7(6)11-8/h2-3H,1,4-5H2. The molecule has 0 aliphatic carbocycles. The van der Waals surface area contributed by atoms with Crippen molar-refractivity contribution in [3.05, 3.63) is 22.7 Å². The zero-order valence-corrected chi connectivity index (χ0v) is 7.66. The zero-order valence-electron chi connectivity index (χ0n) is 6.90. The molecule has 0 saturated carbocycles. The van der Waals surface area contributed by atoms with E-state index in [2.05, 4.69) is 9.97 Å². The van der Waals surface area contributed by atoms with Gasteiger partial charge in [-0.05, 0) is 11.6 Å². The number of fused-ring (bicyclic) bond motifs is 1. The van der Waals surface area contributed by atoms with Gasteiger partial charge in [-0.2, -0.15) is 0 Å². The predicted molar refractivity (Wildman–Crippen MR) is 47.2 cm³/mol. The molecule has 13 heavy (non-hydrogen) atoms. The summed E-state index contributed by atoms with van der Waals surface area (Å²) < 4.78 is 0. The van der Waals surface area contributed by atoms with E-state index in [9.17, 15) is 4.79 Å². The first-order valence-electron chi connectivity index (χ1n) is 3.96. The van der Waals surface area contributed by atoms with Crippen LogP contribution in [0.2, 0.25) is 5.28 Å². The molecule has 0 fully saturated rings. The van der Waals surface area contributed by atoms with E-state index in [0.717, 1.165) is 24.1 Å². The Kier molecular flexibility index (Phi) is 2.24. The van der Waals surface area contributed by atoms with E-state index in [1.54, 1.807) is 6.20 Å². The Hall–Kier alpha value is -1.00. The lowest BCUT2D eigenvalue weighted by atomic mass is 10.3. The molecule has 0 spiro atoms. The van der Waals surface area contributed by atoms with Crippen LogP contribution in [0.5, 0.6) is 0 Å². The molecule has 5 heteroatoms. The molecule has 0 saturated heterocycles. The first-order chi connectivity index (χ1) is 6.29.